The van der Waals surface area contributed by atoms with Crippen LogP contribution in [0.2, 0.25) is 0 Å². The number of hydrogen-bond acceptors (Lipinski definition) is 7. The second-order valence-electron chi connectivity index (χ2n) is 6.87. The zero-order valence-corrected chi connectivity index (χ0v) is 19.0. The van der Waals surface area contributed by atoms with Crippen LogP contribution in [0.4, 0.5) is 0 Å². The summed E-state index contributed by atoms with van der Waals surface area (Å²) in [6.07, 6.45) is 2.84. The first-order chi connectivity index (χ1) is 16.0. The summed E-state index contributed by atoms with van der Waals surface area (Å²) in [5.74, 6) is 0.820. The van der Waals surface area contributed by atoms with Crippen LogP contribution in [0.25, 0.3) is 10.8 Å². The third kappa shape index (κ3) is 5.26. The van der Waals surface area contributed by atoms with Crippen molar-refractivity contribution < 1.29 is 33.3 Å². The first kappa shape index (κ1) is 23.7. The Morgan fingerprint density at radius 1 is 0.879 bits per heavy atom. The average molecular weight is 450 g/mol. The molecule has 33 heavy (non-hydrogen) atoms. The Morgan fingerprint density at radius 2 is 1.58 bits per heavy atom. The van der Waals surface area contributed by atoms with Gasteiger partial charge in [0.05, 0.1) is 33.5 Å². The number of carbonyl (C=O) groups excluding carboxylic acids is 2. The lowest BCUT2D eigenvalue weighted by molar-refractivity contribution is -0.137. The molecule has 0 fully saturated rings. The highest BCUT2D eigenvalue weighted by atomic mass is 16.5. The van der Waals surface area contributed by atoms with E-state index >= 15 is 0 Å². The fourth-order valence-electron chi connectivity index (χ4n) is 3.44. The Bertz CT molecular complexity index is 1160. The Labute approximate surface area is 192 Å². The van der Waals surface area contributed by atoms with Crippen molar-refractivity contribution in [1.29, 1.82) is 0 Å². The molecule has 0 saturated heterocycles. The smallest absolute Gasteiger partial charge is 0.330 e. The predicted octanol–water partition coefficient (Wildman–Crippen LogP) is 4.59. The fourth-order valence-corrected chi connectivity index (χ4v) is 3.44. The van der Waals surface area contributed by atoms with Gasteiger partial charge in [-0.05, 0) is 42.0 Å². The summed E-state index contributed by atoms with van der Waals surface area (Å²) >= 11 is 0. The minimum absolute atomic E-state index is 0.0900. The number of benzene rings is 3. The van der Waals surface area contributed by atoms with Gasteiger partial charge < -0.3 is 23.7 Å². The van der Waals surface area contributed by atoms with Gasteiger partial charge in [0.25, 0.3) is 0 Å². The van der Waals surface area contributed by atoms with E-state index in [1.54, 1.807) is 31.2 Å². The molecule has 0 radical (unpaired) electrons. The first-order valence-corrected chi connectivity index (χ1v) is 10.4. The lowest BCUT2D eigenvalue weighted by Crippen LogP contribution is -2.08. The van der Waals surface area contributed by atoms with Crippen LogP contribution in [-0.2, 0) is 9.53 Å². The fraction of sp³-hybridized carbons (Fsp3) is 0.231. The van der Waals surface area contributed by atoms with Crippen LogP contribution in [0, 0.1) is 0 Å². The molecule has 0 saturated carbocycles. The van der Waals surface area contributed by atoms with E-state index in [0.29, 0.717) is 40.7 Å². The summed E-state index contributed by atoms with van der Waals surface area (Å²) in [6, 6.07) is 14.4. The van der Waals surface area contributed by atoms with Crippen LogP contribution in [0.5, 0.6) is 23.0 Å². The van der Waals surface area contributed by atoms with Gasteiger partial charge in [-0.25, -0.2) is 4.79 Å². The molecule has 0 spiro atoms. The summed E-state index contributed by atoms with van der Waals surface area (Å²) in [6.45, 7) is 2.12. The zero-order chi connectivity index (χ0) is 23.8. The van der Waals surface area contributed by atoms with Crippen LogP contribution in [0.1, 0.15) is 22.8 Å². The van der Waals surface area contributed by atoms with Crippen molar-refractivity contribution in [3.8, 4) is 23.0 Å². The monoisotopic (exact) mass is 450 g/mol. The largest absolute Gasteiger partial charge is 0.493 e. The predicted molar refractivity (Wildman–Crippen MR) is 125 cm³/mol. The second kappa shape index (κ2) is 11.0. The molecule has 0 aromatic heterocycles. The molecule has 0 aliphatic carbocycles. The van der Waals surface area contributed by atoms with Crippen molar-refractivity contribution in [2.24, 2.45) is 0 Å². The van der Waals surface area contributed by atoms with Gasteiger partial charge in [0, 0.05) is 11.6 Å². The number of fused-ring (bicyclic) bond motifs is 1. The summed E-state index contributed by atoms with van der Waals surface area (Å²) in [7, 11) is 4.49. The maximum atomic E-state index is 13.7. The van der Waals surface area contributed by atoms with Gasteiger partial charge in [-0.15, -0.1) is 0 Å². The van der Waals surface area contributed by atoms with E-state index in [1.807, 2.05) is 30.3 Å². The SMILES string of the molecule is CCOC(=O)C=CCOc1ccc2ccccc2c1C(=O)c1cc(OC)c(OC)c(OC)c1. The summed E-state index contributed by atoms with van der Waals surface area (Å²) in [4.78, 5) is 25.2. The molecule has 3 rings (SSSR count). The second-order valence-corrected chi connectivity index (χ2v) is 6.87. The molecular formula is C26H26O7. The number of ketones is 1. The van der Waals surface area contributed by atoms with Gasteiger partial charge in [0.2, 0.25) is 5.75 Å². The first-order valence-electron chi connectivity index (χ1n) is 10.4. The molecule has 0 atom stereocenters. The van der Waals surface area contributed by atoms with E-state index in [9.17, 15) is 9.59 Å². The third-order valence-electron chi connectivity index (χ3n) is 4.92. The molecule has 7 heteroatoms. The maximum Gasteiger partial charge on any atom is 0.330 e. The Kier molecular flexibility index (Phi) is 7.91. The maximum absolute atomic E-state index is 13.7. The number of carbonyl (C=O) groups is 2. The van der Waals surface area contributed by atoms with Crippen LogP contribution in [0.15, 0.2) is 60.7 Å². The standard InChI is InChI=1S/C26H26O7/c1-5-32-23(27)11-8-14-33-20-13-12-17-9-6-7-10-19(17)24(20)25(28)18-15-21(29-2)26(31-4)22(16-18)30-3/h6-13,15-16H,5,14H2,1-4H3. The van der Waals surface area contributed by atoms with Gasteiger partial charge in [0.15, 0.2) is 17.3 Å². The van der Waals surface area contributed by atoms with E-state index in [-0.39, 0.29) is 12.4 Å². The highest BCUT2D eigenvalue weighted by Crippen LogP contribution is 2.40. The highest BCUT2D eigenvalue weighted by molar-refractivity contribution is 6.18. The Morgan fingerprint density at radius 3 is 2.21 bits per heavy atom. The van der Waals surface area contributed by atoms with Gasteiger partial charge in [-0.2, -0.15) is 0 Å². The number of hydrogen-bond donors (Lipinski definition) is 0. The van der Waals surface area contributed by atoms with Crippen LogP contribution in [-0.4, -0.2) is 46.3 Å². The molecule has 0 unspecified atom stereocenters. The molecule has 3 aromatic rings. The minimum atomic E-state index is -0.451. The highest BCUT2D eigenvalue weighted by Gasteiger charge is 2.22. The van der Waals surface area contributed by atoms with Gasteiger partial charge >= 0.3 is 5.97 Å². The van der Waals surface area contributed by atoms with Crippen molar-refractivity contribution >= 4 is 22.5 Å². The molecule has 0 aliphatic rings. The van der Waals surface area contributed by atoms with Crippen LogP contribution in [0.3, 0.4) is 0 Å². The van der Waals surface area contributed by atoms with E-state index in [1.165, 1.54) is 27.4 Å². The zero-order valence-electron chi connectivity index (χ0n) is 19.0. The summed E-state index contributed by atoms with van der Waals surface area (Å²) < 4.78 is 26.9. The molecule has 7 nitrogen and oxygen atoms in total. The van der Waals surface area contributed by atoms with E-state index in [4.69, 9.17) is 23.7 Å². The van der Waals surface area contributed by atoms with Crippen molar-refractivity contribution in [1.82, 2.24) is 0 Å². The normalized spacial score (nSPS) is 10.8. The molecule has 3 aromatic carbocycles. The van der Waals surface area contributed by atoms with Gasteiger partial charge in [0.1, 0.15) is 12.4 Å². The molecule has 0 bridgehead atoms. The number of ether oxygens (including phenoxy) is 5. The van der Waals surface area contributed by atoms with Crippen molar-refractivity contribution in [2.45, 2.75) is 6.92 Å². The summed E-state index contributed by atoms with van der Waals surface area (Å²) in [5, 5.41) is 1.63. The van der Waals surface area contributed by atoms with Crippen LogP contribution < -0.4 is 18.9 Å². The molecule has 0 aliphatic heterocycles. The lowest BCUT2D eigenvalue weighted by Gasteiger charge is -2.16. The quantitative estimate of drug-likeness (QED) is 0.254. The van der Waals surface area contributed by atoms with Crippen molar-refractivity contribution in [3.05, 3.63) is 71.8 Å². The van der Waals surface area contributed by atoms with E-state index in [0.717, 1.165) is 10.8 Å². The minimum Gasteiger partial charge on any atom is -0.493 e. The third-order valence-corrected chi connectivity index (χ3v) is 4.92. The van der Waals surface area contributed by atoms with Crippen molar-refractivity contribution in [3.63, 3.8) is 0 Å². The number of rotatable bonds is 10. The lowest BCUT2D eigenvalue weighted by atomic mass is 9.95. The Hall–Kier alpha value is -4.00. The van der Waals surface area contributed by atoms with Crippen molar-refractivity contribution in [2.75, 3.05) is 34.5 Å². The molecule has 172 valence electrons. The number of methoxy groups -OCH3 is 3. The molecule has 0 N–H and O–H groups in total. The van der Waals surface area contributed by atoms with Gasteiger partial charge in [-0.3, -0.25) is 4.79 Å². The molecule has 0 amide bonds. The topological polar surface area (TPSA) is 80.3 Å². The summed E-state index contributed by atoms with van der Waals surface area (Å²) in [5.41, 5.74) is 0.750. The molecule has 0 heterocycles. The molecular weight excluding hydrogens is 424 g/mol. The Balaban J connectivity index is 2.04. The number of esters is 1. The van der Waals surface area contributed by atoms with Gasteiger partial charge in [-0.1, -0.05) is 30.3 Å². The van der Waals surface area contributed by atoms with E-state index in [2.05, 4.69) is 0 Å². The average Bonchev–Trinajstić information content (AvgIpc) is 2.85. The van der Waals surface area contributed by atoms with Crippen LogP contribution >= 0.6 is 0 Å². The van der Waals surface area contributed by atoms with E-state index < -0.39 is 5.97 Å².